The van der Waals surface area contributed by atoms with Crippen LogP contribution in [0.1, 0.15) is 25.5 Å². The van der Waals surface area contributed by atoms with Gasteiger partial charge in [-0.2, -0.15) is 5.10 Å². The van der Waals surface area contributed by atoms with Gasteiger partial charge in [-0.3, -0.25) is 9.89 Å². The molecule has 0 fully saturated rings. The number of unbranched alkanes of at least 4 members (excludes halogenated alkanes) is 1. The summed E-state index contributed by atoms with van der Waals surface area (Å²) in [4.78, 5) is 15.2. The van der Waals surface area contributed by atoms with Gasteiger partial charge in [-0.25, -0.2) is 4.98 Å². The standard InChI is InChI=1S/C14H17ClN4O2/c1-9(21)18-14-6-10(12(15)8-16-14)11-7-17-19-13(11)4-2-3-5-20/h6-8,20H,2-5H2,1H3,(H,17,19)(H,16,18,21). The van der Waals surface area contributed by atoms with E-state index in [2.05, 4.69) is 20.5 Å². The third kappa shape index (κ3) is 4.03. The SMILES string of the molecule is CC(=O)Nc1cc(-c2cn[nH]c2CCCCO)c(Cl)cn1. The van der Waals surface area contributed by atoms with Gasteiger partial charge in [0.2, 0.25) is 5.91 Å². The summed E-state index contributed by atoms with van der Waals surface area (Å²) in [5, 5.41) is 19.0. The number of halogens is 1. The molecule has 0 aliphatic heterocycles. The van der Waals surface area contributed by atoms with Crippen LogP contribution in [-0.2, 0) is 11.2 Å². The fraction of sp³-hybridized carbons (Fsp3) is 0.357. The lowest BCUT2D eigenvalue weighted by Gasteiger charge is -2.08. The van der Waals surface area contributed by atoms with Crippen molar-refractivity contribution in [3.05, 3.63) is 29.2 Å². The summed E-state index contributed by atoms with van der Waals surface area (Å²) in [7, 11) is 0. The molecule has 0 unspecified atom stereocenters. The number of aryl methyl sites for hydroxylation is 1. The van der Waals surface area contributed by atoms with Gasteiger partial charge < -0.3 is 10.4 Å². The monoisotopic (exact) mass is 308 g/mol. The number of pyridine rings is 1. The summed E-state index contributed by atoms with van der Waals surface area (Å²) in [6.45, 7) is 1.60. The number of hydrogen-bond donors (Lipinski definition) is 3. The Morgan fingerprint density at radius 3 is 2.90 bits per heavy atom. The summed E-state index contributed by atoms with van der Waals surface area (Å²) in [5.41, 5.74) is 2.60. The number of carbonyl (C=O) groups is 1. The molecule has 112 valence electrons. The van der Waals surface area contributed by atoms with Gasteiger partial charge in [0.25, 0.3) is 0 Å². The van der Waals surface area contributed by atoms with Crippen molar-refractivity contribution in [3.8, 4) is 11.1 Å². The van der Waals surface area contributed by atoms with Crippen molar-refractivity contribution in [2.75, 3.05) is 11.9 Å². The zero-order valence-corrected chi connectivity index (χ0v) is 12.4. The molecule has 3 N–H and O–H groups in total. The molecule has 0 aliphatic carbocycles. The van der Waals surface area contributed by atoms with Crippen molar-refractivity contribution in [2.24, 2.45) is 0 Å². The van der Waals surface area contributed by atoms with Crippen molar-refractivity contribution in [1.29, 1.82) is 0 Å². The maximum Gasteiger partial charge on any atom is 0.222 e. The lowest BCUT2D eigenvalue weighted by molar-refractivity contribution is -0.114. The molecule has 0 saturated carbocycles. The Labute approximate surface area is 127 Å². The molecule has 0 atom stereocenters. The minimum atomic E-state index is -0.189. The molecule has 2 aromatic heterocycles. The highest BCUT2D eigenvalue weighted by atomic mass is 35.5. The minimum absolute atomic E-state index is 0.173. The first-order chi connectivity index (χ1) is 10.1. The predicted molar refractivity (Wildman–Crippen MR) is 81.2 cm³/mol. The third-order valence-corrected chi connectivity index (χ3v) is 3.30. The number of aliphatic hydroxyl groups excluding tert-OH is 1. The Bertz CT molecular complexity index is 627. The van der Waals surface area contributed by atoms with E-state index in [1.54, 1.807) is 12.3 Å². The number of carbonyl (C=O) groups excluding carboxylic acids is 1. The van der Waals surface area contributed by atoms with E-state index in [0.717, 1.165) is 36.1 Å². The largest absolute Gasteiger partial charge is 0.396 e. The number of amides is 1. The highest BCUT2D eigenvalue weighted by molar-refractivity contribution is 6.33. The number of rotatable bonds is 6. The topological polar surface area (TPSA) is 90.9 Å². The van der Waals surface area contributed by atoms with Crippen molar-refractivity contribution in [1.82, 2.24) is 15.2 Å². The molecule has 0 bridgehead atoms. The molecule has 0 aromatic carbocycles. The smallest absolute Gasteiger partial charge is 0.222 e. The first-order valence-corrected chi connectivity index (χ1v) is 7.06. The Balaban J connectivity index is 2.28. The van der Waals surface area contributed by atoms with Crippen molar-refractivity contribution in [2.45, 2.75) is 26.2 Å². The quantitative estimate of drug-likeness (QED) is 0.715. The first kappa shape index (κ1) is 15.5. The molecule has 2 heterocycles. The van der Waals surface area contributed by atoms with Crippen LogP contribution in [0.5, 0.6) is 0 Å². The fourth-order valence-electron chi connectivity index (χ4n) is 2.04. The van der Waals surface area contributed by atoms with Gasteiger partial charge in [0, 0.05) is 36.5 Å². The number of aromatic nitrogens is 3. The van der Waals surface area contributed by atoms with Crippen LogP contribution in [0.4, 0.5) is 5.82 Å². The lowest BCUT2D eigenvalue weighted by atomic mass is 10.0. The van der Waals surface area contributed by atoms with Gasteiger partial charge in [0.15, 0.2) is 0 Å². The fourth-order valence-corrected chi connectivity index (χ4v) is 2.25. The van der Waals surface area contributed by atoms with Crippen LogP contribution in [-0.4, -0.2) is 32.8 Å². The molecular weight excluding hydrogens is 292 g/mol. The van der Waals surface area contributed by atoms with E-state index < -0.39 is 0 Å². The highest BCUT2D eigenvalue weighted by Crippen LogP contribution is 2.31. The molecule has 0 aliphatic rings. The van der Waals surface area contributed by atoms with E-state index in [1.165, 1.54) is 13.1 Å². The number of nitrogens with one attached hydrogen (secondary N) is 2. The van der Waals surface area contributed by atoms with Gasteiger partial charge in [0.05, 0.1) is 11.2 Å². The van der Waals surface area contributed by atoms with E-state index in [1.807, 2.05) is 0 Å². The van der Waals surface area contributed by atoms with Crippen LogP contribution in [0.3, 0.4) is 0 Å². The van der Waals surface area contributed by atoms with Crippen LogP contribution >= 0.6 is 11.6 Å². The van der Waals surface area contributed by atoms with Crippen LogP contribution < -0.4 is 5.32 Å². The van der Waals surface area contributed by atoms with Crippen LogP contribution in [0.15, 0.2) is 18.5 Å². The second kappa shape index (κ2) is 7.19. The van der Waals surface area contributed by atoms with Crippen molar-refractivity contribution < 1.29 is 9.90 Å². The number of aromatic amines is 1. The van der Waals surface area contributed by atoms with Gasteiger partial charge in [0.1, 0.15) is 5.82 Å². The predicted octanol–water partition coefficient (Wildman–Crippen LogP) is 2.40. The number of aliphatic hydroxyl groups is 1. The number of H-pyrrole nitrogens is 1. The Morgan fingerprint density at radius 1 is 1.38 bits per heavy atom. The maximum atomic E-state index is 11.1. The molecule has 6 nitrogen and oxygen atoms in total. The van der Waals surface area contributed by atoms with Gasteiger partial charge in [-0.1, -0.05) is 11.6 Å². The van der Waals surface area contributed by atoms with Gasteiger partial charge in [-0.15, -0.1) is 0 Å². The molecule has 0 spiro atoms. The molecule has 1 amide bonds. The average Bonchev–Trinajstić information content (AvgIpc) is 2.89. The van der Waals surface area contributed by atoms with Crippen molar-refractivity contribution >= 4 is 23.3 Å². The summed E-state index contributed by atoms with van der Waals surface area (Å²) in [6, 6.07) is 1.73. The number of nitrogens with zero attached hydrogens (tertiary/aromatic N) is 2. The Hall–Kier alpha value is -1.92. The second-order valence-electron chi connectivity index (χ2n) is 4.67. The van der Waals surface area contributed by atoms with Crippen molar-refractivity contribution in [3.63, 3.8) is 0 Å². The van der Waals surface area contributed by atoms with E-state index in [9.17, 15) is 4.79 Å². The second-order valence-corrected chi connectivity index (χ2v) is 5.08. The van der Waals surface area contributed by atoms with E-state index in [0.29, 0.717) is 10.8 Å². The average molecular weight is 309 g/mol. The zero-order valence-electron chi connectivity index (χ0n) is 11.7. The van der Waals surface area contributed by atoms with E-state index >= 15 is 0 Å². The van der Waals surface area contributed by atoms with Gasteiger partial charge in [-0.05, 0) is 25.3 Å². The number of hydrogen-bond acceptors (Lipinski definition) is 4. The lowest BCUT2D eigenvalue weighted by Crippen LogP contribution is -2.07. The summed E-state index contributed by atoms with van der Waals surface area (Å²) in [5.74, 6) is 0.260. The molecular formula is C14H17ClN4O2. The molecule has 0 radical (unpaired) electrons. The summed E-state index contributed by atoms with van der Waals surface area (Å²) < 4.78 is 0. The van der Waals surface area contributed by atoms with Crippen LogP contribution in [0, 0.1) is 0 Å². The first-order valence-electron chi connectivity index (χ1n) is 6.68. The Morgan fingerprint density at radius 2 is 2.19 bits per heavy atom. The molecule has 21 heavy (non-hydrogen) atoms. The molecule has 7 heteroatoms. The summed E-state index contributed by atoms with van der Waals surface area (Å²) in [6.07, 6.45) is 5.57. The van der Waals surface area contributed by atoms with E-state index in [4.69, 9.17) is 16.7 Å². The molecule has 2 aromatic rings. The molecule has 2 rings (SSSR count). The normalized spacial score (nSPS) is 10.6. The molecule has 0 saturated heterocycles. The Kier molecular flexibility index (Phi) is 5.30. The summed E-state index contributed by atoms with van der Waals surface area (Å²) >= 11 is 6.20. The minimum Gasteiger partial charge on any atom is -0.396 e. The van der Waals surface area contributed by atoms with Gasteiger partial charge >= 0.3 is 0 Å². The van der Waals surface area contributed by atoms with Crippen LogP contribution in [0.25, 0.3) is 11.1 Å². The third-order valence-electron chi connectivity index (χ3n) is 3.00. The van der Waals surface area contributed by atoms with Crippen LogP contribution in [0.2, 0.25) is 5.02 Å². The zero-order chi connectivity index (χ0) is 15.2. The maximum absolute atomic E-state index is 11.1. The highest BCUT2D eigenvalue weighted by Gasteiger charge is 2.13. The van der Waals surface area contributed by atoms with E-state index in [-0.39, 0.29) is 12.5 Å². The number of anilines is 1.